The van der Waals surface area contributed by atoms with Crippen molar-refractivity contribution in [3.8, 4) is 0 Å². The van der Waals surface area contributed by atoms with Crippen LogP contribution in [0.25, 0.3) is 0 Å². The van der Waals surface area contributed by atoms with Gasteiger partial charge < -0.3 is 15.5 Å². The predicted octanol–water partition coefficient (Wildman–Crippen LogP) is 3.30. The standard InChI is InChI=1S/C20H32N4O/c1-4-21-20(22-13-5-7-16(2)3)23-15-17-9-11-18(12-10-17)24-14-6-8-19(24)25/h9-12,16H,4-8,13-15H2,1-3H3,(H2,21,22,23). The van der Waals surface area contributed by atoms with Crippen molar-refractivity contribution in [1.29, 1.82) is 0 Å². The number of hydrogen-bond donors (Lipinski definition) is 2. The fraction of sp³-hybridized carbons (Fsp3) is 0.600. The molecule has 1 amide bonds. The van der Waals surface area contributed by atoms with Crippen molar-refractivity contribution in [3.05, 3.63) is 29.8 Å². The molecule has 0 atom stereocenters. The smallest absolute Gasteiger partial charge is 0.227 e. The number of nitrogens with one attached hydrogen (secondary N) is 2. The molecule has 1 aromatic carbocycles. The van der Waals surface area contributed by atoms with Crippen molar-refractivity contribution >= 4 is 17.6 Å². The van der Waals surface area contributed by atoms with E-state index in [1.807, 2.05) is 17.0 Å². The van der Waals surface area contributed by atoms with Crippen LogP contribution in [0.5, 0.6) is 0 Å². The third-order valence-corrected chi connectivity index (χ3v) is 4.34. The number of anilines is 1. The summed E-state index contributed by atoms with van der Waals surface area (Å²) in [7, 11) is 0. The van der Waals surface area contributed by atoms with Gasteiger partial charge >= 0.3 is 0 Å². The molecule has 0 radical (unpaired) electrons. The Hall–Kier alpha value is -2.04. The second-order valence-electron chi connectivity index (χ2n) is 6.97. The number of benzene rings is 1. The Labute approximate surface area is 151 Å². The van der Waals surface area contributed by atoms with Gasteiger partial charge in [-0.25, -0.2) is 4.99 Å². The Balaban J connectivity index is 1.87. The topological polar surface area (TPSA) is 56.7 Å². The third kappa shape index (κ3) is 6.40. The highest BCUT2D eigenvalue weighted by Gasteiger charge is 2.21. The van der Waals surface area contributed by atoms with Crippen molar-refractivity contribution in [2.75, 3.05) is 24.5 Å². The minimum absolute atomic E-state index is 0.228. The van der Waals surface area contributed by atoms with E-state index in [0.29, 0.717) is 13.0 Å². The molecule has 1 aromatic rings. The maximum Gasteiger partial charge on any atom is 0.227 e. The maximum atomic E-state index is 11.8. The average Bonchev–Trinajstić information content (AvgIpc) is 3.02. The summed E-state index contributed by atoms with van der Waals surface area (Å²) < 4.78 is 0. The van der Waals surface area contributed by atoms with Crippen LogP contribution in [0.3, 0.4) is 0 Å². The molecule has 0 aliphatic carbocycles. The lowest BCUT2D eigenvalue weighted by Crippen LogP contribution is -2.37. The van der Waals surface area contributed by atoms with Gasteiger partial charge in [-0.2, -0.15) is 0 Å². The first-order valence-corrected chi connectivity index (χ1v) is 9.51. The fourth-order valence-electron chi connectivity index (χ4n) is 2.93. The molecule has 0 spiro atoms. The monoisotopic (exact) mass is 344 g/mol. The molecular weight excluding hydrogens is 312 g/mol. The van der Waals surface area contributed by atoms with Crippen LogP contribution in [0.15, 0.2) is 29.3 Å². The molecule has 1 heterocycles. The summed E-state index contributed by atoms with van der Waals surface area (Å²) in [6, 6.07) is 8.17. The molecule has 1 aliphatic rings. The van der Waals surface area contributed by atoms with E-state index in [-0.39, 0.29) is 5.91 Å². The Morgan fingerprint density at radius 1 is 1.24 bits per heavy atom. The number of guanidine groups is 1. The number of hydrogen-bond acceptors (Lipinski definition) is 2. The third-order valence-electron chi connectivity index (χ3n) is 4.34. The molecule has 138 valence electrons. The van der Waals surface area contributed by atoms with E-state index in [2.05, 4.69) is 48.5 Å². The lowest BCUT2D eigenvalue weighted by molar-refractivity contribution is -0.117. The summed E-state index contributed by atoms with van der Waals surface area (Å²) in [4.78, 5) is 18.3. The Kier molecular flexibility index (Phi) is 7.76. The molecule has 0 saturated carbocycles. The average molecular weight is 345 g/mol. The van der Waals surface area contributed by atoms with Gasteiger partial charge in [-0.15, -0.1) is 0 Å². The molecule has 5 heteroatoms. The van der Waals surface area contributed by atoms with E-state index < -0.39 is 0 Å². The van der Waals surface area contributed by atoms with Gasteiger partial charge in [-0.3, -0.25) is 4.79 Å². The van der Waals surface area contributed by atoms with Gasteiger partial charge in [-0.1, -0.05) is 26.0 Å². The first-order valence-electron chi connectivity index (χ1n) is 9.51. The van der Waals surface area contributed by atoms with E-state index in [9.17, 15) is 4.79 Å². The van der Waals surface area contributed by atoms with Crippen LogP contribution >= 0.6 is 0 Å². The van der Waals surface area contributed by atoms with E-state index in [4.69, 9.17) is 0 Å². The van der Waals surface area contributed by atoms with Gasteiger partial charge in [0.05, 0.1) is 6.54 Å². The van der Waals surface area contributed by atoms with Gasteiger partial charge in [-0.05, 0) is 49.8 Å². The van der Waals surface area contributed by atoms with Crippen LogP contribution < -0.4 is 15.5 Å². The molecule has 2 rings (SSSR count). The second kappa shape index (κ2) is 10.1. The highest BCUT2D eigenvalue weighted by molar-refractivity contribution is 5.95. The summed E-state index contributed by atoms with van der Waals surface area (Å²) >= 11 is 0. The van der Waals surface area contributed by atoms with Crippen molar-refractivity contribution in [3.63, 3.8) is 0 Å². The number of rotatable bonds is 8. The first kappa shape index (κ1) is 19.3. The lowest BCUT2D eigenvalue weighted by atomic mass is 10.1. The van der Waals surface area contributed by atoms with Crippen LogP contribution in [0.2, 0.25) is 0 Å². The van der Waals surface area contributed by atoms with E-state index in [1.54, 1.807) is 0 Å². The lowest BCUT2D eigenvalue weighted by Gasteiger charge is -2.16. The highest BCUT2D eigenvalue weighted by Crippen LogP contribution is 2.21. The normalized spacial score (nSPS) is 15.1. The molecule has 1 fully saturated rings. The van der Waals surface area contributed by atoms with E-state index in [0.717, 1.165) is 55.6 Å². The number of nitrogens with zero attached hydrogens (tertiary/aromatic N) is 2. The summed E-state index contributed by atoms with van der Waals surface area (Å²) in [6.07, 6.45) is 4.00. The molecule has 0 bridgehead atoms. The van der Waals surface area contributed by atoms with Crippen molar-refractivity contribution in [1.82, 2.24) is 10.6 Å². The summed E-state index contributed by atoms with van der Waals surface area (Å²) in [6.45, 7) is 9.84. The number of carbonyl (C=O) groups is 1. The van der Waals surface area contributed by atoms with Gasteiger partial charge in [0, 0.05) is 31.7 Å². The summed E-state index contributed by atoms with van der Waals surface area (Å²) in [5.74, 6) is 1.83. The van der Waals surface area contributed by atoms with E-state index >= 15 is 0 Å². The van der Waals surface area contributed by atoms with Crippen LogP contribution in [-0.4, -0.2) is 31.5 Å². The van der Waals surface area contributed by atoms with Gasteiger partial charge in [0.25, 0.3) is 0 Å². The summed E-state index contributed by atoms with van der Waals surface area (Å²) in [5.41, 5.74) is 2.14. The molecule has 0 aromatic heterocycles. The van der Waals surface area contributed by atoms with Crippen molar-refractivity contribution in [2.24, 2.45) is 10.9 Å². The Bertz CT molecular complexity index is 566. The largest absolute Gasteiger partial charge is 0.357 e. The number of amides is 1. The van der Waals surface area contributed by atoms with Crippen LogP contribution in [-0.2, 0) is 11.3 Å². The minimum atomic E-state index is 0.228. The Morgan fingerprint density at radius 2 is 2.00 bits per heavy atom. The van der Waals surface area contributed by atoms with E-state index in [1.165, 1.54) is 6.42 Å². The maximum absolute atomic E-state index is 11.8. The molecule has 5 nitrogen and oxygen atoms in total. The number of carbonyl (C=O) groups excluding carboxylic acids is 1. The SMILES string of the molecule is CCNC(=NCc1ccc(N2CCCC2=O)cc1)NCCCC(C)C. The zero-order valence-corrected chi connectivity index (χ0v) is 15.8. The van der Waals surface area contributed by atoms with Crippen molar-refractivity contribution < 1.29 is 4.79 Å². The Morgan fingerprint density at radius 3 is 2.60 bits per heavy atom. The predicted molar refractivity (Wildman–Crippen MR) is 105 cm³/mol. The zero-order valence-electron chi connectivity index (χ0n) is 15.8. The van der Waals surface area contributed by atoms with Crippen LogP contribution in [0.4, 0.5) is 5.69 Å². The van der Waals surface area contributed by atoms with Crippen LogP contribution in [0, 0.1) is 5.92 Å². The van der Waals surface area contributed by atoms with Gasteiger partial charge in [0.1, 0.15) is 0 Å². The number of aliphatic imine (C=N–C) groups is 1. The molecule has 2 N–H and O–H groups in total. The second-order valence-corrected chi connectivity index (χ2v) is 6.97. The van der Waals surface area contributed by atoms with Gasteiger partial charge in [0.15, 0.2) is 5.96 Å². The first-order chi connectivity index (χ1) is 12.1. The van der Waals surface area contributed by atoms with Crippen LogP contribution in [0.1, 0.15) is 52.0 Å². The molecule has 1 saturated heterocycles. The highest BCUT2D eigenvalue weighted by atomic mass is 16.2. The van der Waals surface area contributed by atoms with Crippen molar-refractivity contribution in [2.45, 2.75) is 53.0 Å². The molecule has 0 unspecified atom stereocenters. The summed E-state index contributed by atoms with van der Waals surface area (Å²) in [5, 5.41) is 6.68. The zero-order chi connectivity index (χ0) is 18.1. The molecule has 25 heavy (non-hydrogen) atoms. The molecular formula is C20H32N4O. The molecule has 1 aliphatic heterocycles. The fourth-order valence-corrected chi connectivity index (χ4v) is 2.93. The van der Waals surface area contributed by atoms with Gasteiger partial charge in [0.2, 0.25) is 5.91 Å². The quantitative estimate of drug-likeness (QED) is 0.432. The minimum Gasteiger partial charge on any atom is -0.357 e.